The number of nitrogens with one attached hydrogen (secondary N) is 1. The van der Waals surface area contributed by atoms with Crippen molar-refractivity contribution in [2.45, 2.75) is 64.5 Å². The summed E-state index contributed by atoms with van der Waals surface area (Å²) < 4.78 is 8.81. The van der Waals surface area contributed by atoms with Crippen LogP contribution in [0.15, 0.2) is 24.9 Å². The highest BCUT2D eigenvalue weighted by atomic mass is 16.5. The standard InChI is InChI=1S/C20H28N4O/c1-18-7-15-8-19(2,11-18)13-20(9-15,12-18)25-6-5-24-4-3-22-17(24)16-10-21-14-23-16/h3-4,10,14-15H,5-9,11-13H2,1-2H3,(H,21,23)/t15?,18-,19+,20?. The normalized spacial score (nSPS) is 39.2. The molecule has 0 aromatic carbocycles. The van der Waals surface area contributed by atoms with E-state index < -0.39 is 0 Å². The summed E-state index contributed by atoms with van der Waals surface area (Å²) in [6.07, 6.45) is 15.4. The zero-order chi connectivity index (χ0) is 17.1. The summed E-state index contributed by atoms with van der Waals surface area (Å²) in [5.74, 6) is 1.81. The zero-order valence-corrected chi connectivity index (χ0v) is 15.3. The summed E-state index contributed by atoms with van der Waals surface area (Å²) in [5, 5.41) is 0. The van der Waals surface area contributed by atoms with Crippen molar-refractivity contribution in [2.24, 2.45) is 16.7 Å². The molecule has 0 amide bonds. The van der Waals surface area contributed by atoms with Crippen LogP contribution in [0.5, 0.6) is 0 Å². The van der Waals surface area contributed by atoms with Crippen LogP contribution in [0, 0.1) is 16.7 Å². The SMILES string of the molecule is C[C@]12CC3CC(OCCn4ccnc4-c4cnc[nH]4)(C1)C[C@@](C)(C3)C2. The summed E-state index contributed by atoms with van der Waals surface area (Å²) in [7, 11) is 0. The first kappa shape index (κ1) is 15.6. The summed E-state index contributed by atoms with van der Waals surface area (Å²) in [6.45, 7) is 6.60. The molecule has 6 rings (SSSR count). The lowest BCUT2D eigenvalue weighted by atomic mass is 9.43. The molecule has 2 aromatic rings. The molecule has 4 saturated carbocycles. The number of rotatable bonds is 5. The molecule has 4 fully saturated rings. The van der Waals surface area contributed by atoms with Crippen LogP contribution >= 0.6 is 0 Å². The van der Waals surface area contributed by atoms with Gasteiger partial charge in [-0.05, 0) is 55.3 Å². The molecule has 5 heteroatoms. The first-order valence-corrected chi connectivity index (χ1v) is 9.61. The Kier molecular flexibility index (Phi) is 3.25. The number of imidazole rings is 2. The van der Waals surface area contributed by atoms with Gasteiger partial charge in [0.2, 0.25) is 0 Å². The van der Waals surface area contributed by atoms with Crippen molar-refractivity contribution in [1.82, 2.24) is 19.5 Å². The molecule has 4 aliphatic rings. The molecule has 0 radical (unpaired) electrons. The van der Waals surface area contributed by atoms with Crippen LogP contribution in [-0.2, 0) is 11.3 Å². The first-order chi connectivity index (χ1) is 12.0. The Morgan fingerprint density at radius 1 is 1.20 bits per heavy atom. The molecule has 5 nitrogen and oxygen atoms in total. The molecule has 25 heavy (non-hydrogen) atoms. The molecule has 0 spiro atoms. The lowest BCUT2D eigenvalue weighted by Gasteiger charge is -2.65. The number of hydrogen-bond acceptors (Lipinski definition) is 3. The van der Waals surface area contributed by atoms with Crippen molar-refractivity contribution in [3.8, 4) is 11.5 Å². The van der Waals surface area contributed by atoms with E-state index in [2.05, 4.69) is 33.4 Å². The second-order valence-electron chi connectivity index (χ2n) is 9.57. The van der Waals surface area contributed by atoms with Gasteiger partial charge in [0, 0.05) is 18.9 Å². The highest BCUT2D eigenvalue weighted by molar-refractivity contribution is 5.47. The Morgan fingerprint density at radius 3 is 2.68 bits per heavy atom. The number of hydrogen-bond donors (Lipinski definition) is 1. The number of nitrogens with zero attached hydrogens (tertiary/aromatic N) is 3. The molecule has 0 saturated heterocycles. The van der Waals surface area contributed by atoms with Gasteiger partial charge >= 0.3 is 0 Å². The van der Waals surface area contributed by atoms with Crippen molar-refractivity contribution in [3.63, 3.8) is 0 Å². The lowest BCUT2D eigenvalue weighted by molar-refractivity contribution is -0.215. The third-order valence-corrected chi connectivity index (χ3v) is 6.77. The molecule has 4 atom stereocenters. The average molecular weight is 340 g/mol. The van der Waals surface area contributed by atoms with Crippen LogP contribution in [0.25, 0.3) is 11.5 Å². The molecule has 4 aliphatic carbocycles. The van der Waals surface area contributed by atoms with Crippen molar-refractivity contribution in [3.05, 3.63) is 24.9 Å². The third-order valence-electron chi connectivity index (χ3n) is 6.77. The maximum Gasteiger partial charge on any atom is 0.158 e. The van der Waals surface area contributed by atoms with E-state index in [1.807, 2.05) is 18.6 Å². The molecular weight excluding hydrogens is 312 g/mol. The fraction of sp³-hybridized carbons (Fsp3) is 0.700. The molecule has 4 bridgehead atoms. The predicted octanol–water partition coefficient (Wildman–Crippen LogP) is 4.04. The topological polar surface area (TPSA) is 55.7 Å². The van der Waals surface area contributed by atoms with Gasteiger partial charge in [-0.25, -0.2) is 9.97 Å². The van der Waals surface area contributed by atoms with Gasteiger partial charge in [-0.3, -0.25) is 0 Å². The summed E-state index contributed by atoms with van der Waals surface area (Å²) in [6, 6.07) is 0. The molecule has 1 N–H and O–H groups in total. The minimum atomic E-state index is 0.123. The van der Waals surface area contributed by atoms with E-state index >= 15 is 0 Å². The molecular formula is C20H28N4O. The van der Waals surface area contributed by atoms with Crippen molar-refractivity contribution in [1.29, 1.82) is 0 Å². The van der Waals surface area contributed by atoms with E-state index in [1.165, 1.54) is 38.5 Å². The van der Waals surface area contributed by atoms with Crippen LogP contribution in [0.3, 0.4) is 0 Å². The fourth-order valence-corrected chi connectivity index (χ4v) is 6.98. The van der Waals surface area contributed by atoms with Gasteiger partial charge in [0.25, 0.3) is 0 Å². The molecule has 2 heterocycles. The van der Waals surface area contributed by atoms with E-state index in [4.69, 9.17) is 4.74 Å². The van der Waals surface area contributed by atoms with Crippen LogP contribution in [0.2, 0.25) is 0 Å². The smallest absolute Gasteiger partial charge is 0.158 e. The second-order valence-corrected chi connectivity index (χ2v) is 9.57. The monoisotopic (exact) mass is 340 g/mol. The summed E-state index contributed by atoms with van der Waals surface area (Å²) >= 11 is 0. The Labute approximate surface area is 149 Å². The van der Waals surface area contributed by atoms with Crippen LogP contribution in [0.1, 0.15) is 52.4 Å². The maximum absolute atomic E-state index is 6.64. The molecule has 134 valence electrons. The van der Waals surface area contributed by atoms with Gasteiger partial charge in [0.05, 0.1) is 24.7 Å². The van der Waals surface area contributed by atoms with Gasteiger partial charge in [-0.2, -0.15) is 0 Å². The van der Waals surface area contributed by atoms with E-state index in [-0.39, 0.29) is 5.60 Å². The van der Waals surface area contributed by atoms with Gasteiger partial charge in [0.15, 0.2) is 5.82 Å². The van der Waals surface area contributed by atoms with E-state index in [0.29, 0.717) is 10.8 Å². The minimum Gasteiger partial charge on any atom is -0.373 e. The van der Waals surface area contributed by atoms with Crippen molar-refractivity contribution >= 4 is 0 Å². The number of aromatic nitrogens is 4. The van der Waals surface area contributed by atoms with Crippen LogP contribution in [-0.4, -0.2) is 31.7 Å². The first-order valence-electron chi connectivity index (χ1n) is 9.61. The fourth-order valence-electron chi connectivity index (χ4n) is 6.98. The predicted molar refractivity (Wildman–Crippen MR) is 95.9 cm³/mol. The largest absolute Gasteiger partial charge is 0.373 e. The molecule has 2 aromatic heterocycles. The Balaban J connectivity index is 1.29. The number of aromatic amines is 1. The average Bonchev–Trinajstić information content (AvgIpc) is 3.12. The number of H-pyrrole nitrogens is 1. The minimum absolute atomic E-state index is 0.123. The highest BCUT2D eigenvalue weighted by Gasteiger charge is 2.60. The Morgan fingerprint density at radius 2 is 2.00 bits per heavy atom. The lowest BCUT2D eigenvalue weighted by Crippen LogP contribution is -2.59. The van der Waals surface area contributed by atoms with Crippen molar-refractivity contribution in [2.75, 3.05) is 6.61 Å². The molecule has 0 aliphatic heterocycles. The Bertz CT molecular complexity index is 747. The third kappa shape index (κ3) is 2.64. The quantitative estimate of drug-likeness (QED) is 0.894. The molecule has 2 unspecified atom stereocenters. The number of ether oxygens (including phenoxy) is 1. The maximum atomic E-state index is 6.64. The zero-order valence-electron chi connectivity index (χ0n) is 15.3. The van der Waals surface area contributed by atoms with Crippen LogP contribution < -0.4 is 0 Å². The van der Waals surface area contributed by atoms with E-state index in [9.17, 15) is 0 Å². The van der Waals surface area contributed by atoms with Gasteiger partial charge < -0.3 is 14.3 Å². The Hall–Kier alpha value is -1.62. The van der Waals surface area contributed by atoms with Gasteiger partial charge in [-0.1, -0.05) is 13.8 Å². The van der Waals surface area contributed by atoms with Crippen molar-refractivity contribution < 1.29 is 4.74 Å². The summed E-state index contributed by atoms with van der Waals surface area (Å²) in [5.41, 5.74) is 2.09. The van der Waals surface area contributed by atoms with E-state index in [1.54, 1.807) is 6.33 Å². The van der Waals surface area contributed by atoms with Crippen LogP contribution in [0.4, 0.5) is 0 Å². The van der Waals surface area contributed by atoms with Gasteiger partial charge in [-0.15, -0.1) is 0 Å². The van der Waals surface area contributed by atoms with Gasteiger partial charge in [0.1, 0.15) is 5.69 Å². The highest BCUT2D eigenvalue weighted by Crippen LogP contribution is 2.67. The second kappa shape index (κ2) is 5.19. The van der Waals surface area contributed by atoms with E-state index in [0.717, 1.165) is 30.6 Å². The summed E-state index contributed by atoms with van der Waals surface area (Å²) in [4.78, 5) is 11.7.